The van der Waals surface area contributed by atoms with Crippen LogP contribution in [-0.4, -0.2) is 27.3 Å². The van der Waals surface area contributed by atoms with Gasteiger partial charge in [-0.3, -0.25) is 14.8 Å². The van der Waals surface area contributed by atoms with Crippen LogP contribution in [0.5, 0.6) is 0 Å². The van der Waals surface area contributed by atoms with Gasteiger partial charge in [0.15, 0.2) is 0 Å². The summed E-state index contributed by atoms with van der Waals surface area (Å²) in [5.41, 5.74) is 1.24. The summed E-state index contributed by atoms with van der Waals surface area (Å²) in [5.74, 6) is -0.578. The maximum Gasteiger partial charge on any atom is 0.237 e. The van der Waals surface area contributed by atoms with Crippen molar-refractivity contribution in [3.05, 3.63) is 52.6 Å². The second kappa shape index (κ2) is 9.03. The predicted molar refractivity (Wildman–Crippen MR) is 132 cm³/mol. The Labute approximate surface area is 202 Å². The van der Waals surface area contributed by atoms with Gasteiger partial charge < -0.3 is 5.32 Å². The zero-order chi connectivity index (χ0) is 24.8. The number of hydrogen-bond acceptors (Lipinski definition) is 3. The van der Waals surface area contributed by atoms with Crippen molar-refractivity contribution in [3.63, 3.8) is 0 Å². The van der Waals surface area contributed by atoms with Crippen LogP contribution >= 0.6 is 11.6 Å². The smallest absolute Gasteiger partial charge is 0.237 e. The van der Waals surface area contributed by atoms with Crippen LogP contribution in [0, 0.1) is 11.2 Å². The average molecular weight is 477 g/mol. The molecule has 182 valence electrons. The van der Waals surface area contributed by atoms with E-state index in [1.54, 1.807) is 6.07 Å². The predicted octanol–water partition coefficient (Wildman–Crippen LogP) is 5.95. The van der Waals surface area contributed by atoms with E-state index in [-0.39, 0.29) is 39.4 Å². The molecule has 2 aromatic rings. The molecule has 1 fully saturated rings. The molecule has 0 radical (unpaired) electrons. The molecule has 3 atom stereocenters. The Bertz CT molecular complexity index is 1000. The minimum atomic E-state index is -0.464. The third-order valence-electron chi connectivity index (χ3n) is 6.00. The molecule has 0 saturated carbocycles. The summed E-state index contributed by atoms with van der Waals surface area (Å²) in [7, 11) is 0. The molecule has 3 rings (SSSR count). The third kappa shape index (κ3) is 6.36. The number of nitrogens with one attached hydrogen (secondary N) is 2. The van der Waals surface area contributed by atoms with Gasteiger partial charge >= 0.3 is 0 Å². The lowest BCUT2D eigenvalue weighted by molar-refractivity contribution is -0.124. The van der Waals surface area contributed by atoms with Crippen LogP contribution in [0.15, 0.2) is 30.5 Å². The topological polar surface area (TPSA) is 59.0 Å². The molecular weight excluding hydrogens is 439 g/mol. The maximum absolute atomic E-state index is 14.3. The molecule has 2 N–H and O–H groups in total. The number of rotatable bonds is 5. The van der Waals surface area contributed by atoms with Crippen LogP contribution in [0.1, 0.15) is 91.4 Å². The molecule has 1 aliphatic heterocycles. The van der Waals surface area contributed by atoms with Gasteiger partial charge in [-0.05, 0) is 76.6 Å². The van der Waals surface area contributed by atoms with Gasteiger partial charge in [0.1, 0.15) is 5.82 Å². The summed E-state index contributed by atoms with van der Waals surface area (Å²) >= 11 is 5.92. The lowest BCUT2D eigenvalue weighted by Crippen LogP contribution is -2.51. The number of carbonyl (C=O) groups excluding carboxylic acids is 1. The molecule has 1 saturated heterocycles. The number of benzene rings is 1. The standard InChI is InChI=1S/C26H38ClFN4O/c1-24(2,3)15-26(7,8)30-23(33)21-14-17(20-11-12-32(31-20)25(4,5)6)22(29-21)16-9-10-18(27)19(28)13-16/h9-13,17,21-22,29H,14-15H2,1-8H3,(H,30,33)/t17-,21-,22-/m0/s1. The fraction of sp³-hybridized carbons (Fsp3) is 0.615. The first-order chi connectivity index (χ1) is 15.1. The van der Waals surface area contributed by atoms with Gasteiger partial charge in [-0.1, -0.05) is 38.4 Å². The molecule has 5 nitrogen and oxygen atoms in total. The van der Waals surface area contributed by atoms with E-state index in [0.717, 1.165) is 17.7 Å². The molecule has 1 aromatic carbocycles. The van der Waals surface area contributed by atoms with E-state index in [1.165, 1.54) is 6.07 Å². The van der Waals surface area contributed by atoms with Gasteiger partial charge in [0, 0.05) is 23.7 Å². The zero-order valence-electron chi connectivity index (χ0n) is 21.1. The summed E-state index contributed by atoms with van der Waals surface area (Å²) in [5, 5.41) is 11.6. The summed E-state index contributed by atoms with van der Waals surface area (Å²) in [6.45, 7) is 16.9. The Morgan fingerprint density at radius 2 is 1.85 bits per heavy atom. The van der Waals surface area contributed by atoms with Crippen molar-refractivity contribution in [2.24, 2.45) is 5.41 Å². The first-order valence-electron chi connectivity index (χ1n) is 11.6. The van der Waals surface area contributed by atoms with Crippen LogP contribution in [0.4, 0.5) is 4.39 Å². The van der Waals surface area contributed by atoms with E-state index in [1.807, 2.05) is 23.0 Å². The highest BCUT2D eigenvalue weighted by molar-refractivity contribution is 6.30. The van der Waals surface area contributed by atoms with E-state index in [4.69, 9.17) is 16.7 Å². The van der Waals surface area contributed by atoms with Crippen LogP contribution in [-0.2, 0) is 10.3 Å². The Morgan fingerprint density at radius 1 is 1.18 bits per heavy atom. The Hall–Kier alpha value is -1.92. The van der Waals surface area contributed by atoms with E-state index in [2.05, 4.69) is 66.0 Å². The molecule has 7 heteroatoms. The molecule has 2 heterocycles. The van der Waals surface area contributed by atoms with Gasteiger partial charge in [0.05, 0.1) is 22.3 Å². The quantitative estimate of drug-likeness (QED) is 0.560. The lowest BCUT2D eigenvalue weighted by Gasteiger charge is -2.34. The number of aromatic nitrogens is 2. The molecule has 1 aliphatic rings. The SMILES string of the molecule is CC(C)(C)CC(C)(C)NC(=O)[C@@H]1C[C@@H](c2ccn(C(C)(C)C)n2)[C@H](c2ccc(Cl)c(F)c2)N1. The van der Waals surface area contributed by atoms with Gasteiger partial charge in [-0.15, -0.1) is 0 Å². The summed E-state index contributed by atoms with van der Waals surface area (Å²) < 4.78 is 16.2. The van der Waals surface area contributed by atoms with Gasteiger partial charge in [0.2, 0.25) is 5.91 Å². The molecule has 0 aliphatic carbocycles. The average Bonchev–Trinajstić information content (AvgIpc) is 3.27. The number of hydrogen-bond donors (Lipinski definition) is 2. The largest absolute Gasteiger partial charge is 0.350 e. The molecule has 1 aromatic heterocycles. The fourth-order valence-corrected chi connectivity index (χ4v) is 5.12. The fourth-order valence-electron chi connectivity index (χ4n) is 5.00. The molecule has 1 amide bonds. The van der Waals surface area contributed by atoms with Crippen LogP contribution in [0.2, 0.25) is 5.02 Å². The molecule has 33 heavy (non-hydrogen) atoms. The normalized spacial score (nSPS) is 21.9. The summed E-state index contributed by atoms with van der Waals surface area (Å²) in [6, 6.07) is 6.19. The van der Waals surface area contributed by atoms with Crippen molar-refractivity contribution in [3.8, 4) is 0 Å². The Kier molecular flexibility index (Phi) is 7.03. The Morgan fingerprint density at radius 3 is 2.39 bits per heavy atom. The second-order valence-corrected chi connectivity index (χ2v) is 12.6. The highest BCUT2D eigenvalue weighted by Crippen LogP contribution is 2.41. The molecule has 0 spiro atoms. The molecular formula is C26H38ClFN4O. The van der Waals surface area contributed by atoms with Gasteiger partial charge in [-0.25, -0.2) is 4.39 Å². The summed E-state index contributed by atoms with van der Waals surface area (Å²) in [6.07, 6.45) is 3.39. The minimum Gasteiger partial charge on any atom is -0.350 e. The monoisotopic (exact) mass is 476 g/mol. The minimum absolute atomic E-state index is 0.0403. The highest BCUT2D eigenvalue weighted by atomic mass is 35.5. The van der Waals surface area contributed by atoms with Crippen molar-refractivity contribution in [2.45, 2.75) is 97.3 Å². The number of nitrogens with zero attached hydrogens (tertiary/aromatic N) is 2. The van der Waals surface area contributed by atoms with E-state index in [0.29, 0.717) is 6.42 Å². The molecule has 0 bridgehead atoms. The second-order valence-electron chi connectivity index (χ2n) is 12.2. The van der Waals surface area contributed by atoms with Gasteiger partial charge in [0.25, 0.3) is 0 Å². The van der Waals surface area contributed by atoms with Crippen molar-refractivity contribution >= 4 is 17.5 Å². The van der Waals surface area contributed by atoms with E-state index >= 15 is 0 Å². The third-order valence-corrected chi connectivity index (χ3v) is 6.31. The van der Waals surface area contributed by atoms with Crippen molar-refractivity contribution in [1.82, 2.24) is 20.4 Å². The van der Waals surface area contributed by atoms with Crippen molar-refractivity contribution in [1.29, 1.82) is 0 Å². The lowest BCUT2D eigenvalue weighted by atomic mass is 9.81. The van der Waals surface area contributed by atoms with E-state index in [9.17, 15) is 9.18 Å². The van der Waals surface area contributed by atoms with Crippen molar-refractivity contribution in [2.75, 3.05) is 0 Å². The number of halogens is 2. The van der Waals surface area contributed by atoms with Crippen LogP contribution in [0.25, 0.3) is 0 Å². The molecule has 0 unspecified atom stereocenters. The summed E-state index contributed by atoms with van der Waals surface area (Å²) in [4.78, 5) is 13.3. The highest BCUT2D eigenvalue weighted by Gasteiger charge is 2.42. The van der Waals surface area contributed by atoms with Crippen molar-refractivity contribution < 1.29 is 9.18 Å². The maximum atomic E-state index is 14.3. The number of amides is 1. The van der Waals surface area contributed by atoms with Crippen LogP contribution < -0.4 is 10.6 Å². The van der Waals surface area contributed by atoms with Crippen LogP contribution in [0.3, 0.4) is 0 Å². The Balaban J connectivity index is 1.89. The first kappa shape index (κ1) is 25.7. The zero-order valence-corrected chi connectivity index (χ0v) is 21.8. The first-order valence-corrected chi connectivity index (χ1v) is 12.0. The van der Waals surface area contributed by atoms with E-state index < -0.39 is 11.9 Å². The van der Waals surface area contributed by atoms with Gasteiger partial charge in [-0.2, -0.15) is 5.10 Å². The number of carbonyl (C=O) groups is 1.